The Hall–Kier alpha value is -1.71. The van der Waals surface area contributed by atoms with E-state index in [1.54, 1.807) is 0 Å². The van der Waals surface area contributed by atoms with Crippen LogP contribution in [0, 0.1) is 0 Å². The summed E-state index contributed by atoms with van der Waals surface area (Å²) in [5.74, 6) is 0.0499. The molecule has 4 heteroatoms. The molecular formula is C17H13BrClNO. The van der Waals surface area contributed by atoms with E-state index in [9.17, 15) is 4.79 Å². The Morgan fingerprint density at radius 3 is 2.33 bits per heavy atom. The van der Waals surface area contributed by atoms with Crippen LogP contribution < -0.4 is 21.5 Å². The molecule has 2 nitrogen and oxygen atoms in total. The van der Waals surface area contributed by atoms with Crippen LogP contribution in [0.4, 0.5) is 0 Å². The third-order valence-electron chi connectivity index (χ3n) is 3.28. The topological polar surface area (TPSA) is 20.9 Å². The first-order valence-corrected chi connectivity index (χ1v) is 6.79. The predicted octanol–water partition coefficient (Wildman–Crippen LogP) is 0.668. The van der Waals surface area contributed by atoms with Crippen molar-refractivity contribution >= 4 is 28.3 Å². The van der Waals surface area contributed by atoms with Crippen LogP contribution in [-0.4, -0.2) is 5.78 Å². The van der Waals surface area contributed by atoms with Gasteiger partial charge in [-0.15, -0.1) is 0 Å². The molecule has 0 spiro atoms. The second kappa shape index (κ2) is 6.83. The molecule has 0 aliphatic heterocycles. The third kappa shape index (κ3) is 3.31. The van der Waals surface area contributed by atoms with Crippen molar-refractivity contribution in [3.8, 4) is 0 Å². The monoisotopic (exact) mass is 361 g/mol. The zero-order chi connectivity index (χ0) is 13.9. The Morgan fingerprint density at radius 1 is 0.905 bits per heavy atom. The summed E-state index contributed by atoms with van der Waals surface area (Å²) in [6, 6.07) is 20.9. The molecule has 0 amide bonds. The van der Waals surface area contributed by atoms with Crippen LogP contribution in [-0.2, 0) is 6.54 Å². The van der Waals surface area contributed by atoms with E-state index in [0.717, 1.165) is 10.9 Å². The molecule has 0 saturated carbocycles. The first-order chi connectivity index (χ1) is 9.75. The van der Waals surface area contributed by atoms with Crippen LogP contribution in [0.5, 0.6) is 0 Å². The molecule has 2 aromatic carbocycles. The Bertz CT molecular complexity index is 774. The summed E-state index contributed by atoms with van der Waals surface area (Å²) in [5, 5.41) is 1.63. The lowest BCUT2D eigenvalue weighted by Crippen LogP contribution is -3.00. The van der Waals surface area contributed by atoms with Crippen LogP contribution >= 0.6 is 11.6 Å². The number of carbonyl (C=O) groups excluding carboxylic acids is 1. The number of benzene rings is 2. The fraction of sp³-hybridized carbons (Fsp3) is 0.0588. The molecule has 0 radical (unpaired) electrons. The molecule has 1 heterocycles. The number of fused-ring (bicyclic) bond motifs is 1. The first kappa shape index (κ1) is 15.7. The summed E-state index contributed by atoms with van der Waals surface area (Å²) < 4.78 is 1.84. The number of hydrogen-bond donors (Lipinski definition) is 0. The number of nitrogens with zero attached hydrogens (tertiary/aromatic N) is 1. The van der Waals surface area contributed by atoms with Crippen molar-refractivity contribution in [2.24, 2.45) is 0 Å². The van der Waals surface area contributed by atoms with E-state index >= 15 is 0 Å². The Balaban J connectivity index is 0.00000161. The predicted molar refractivity (Wildman–Crippen MR) is 79.9 cm³/mol. The van der Waals surface area contributed by atoms with E-state index in [-0.39, 0.29) is 29.3 Å². The van der Waals surface area contributed by atoms with E-state index in [4.69, 9.17) is 11.6 Å². The Morgan fingerprint density at radius 2 is 1.57 bits per heavy atom. The Kier molecular flexibility index (Phi) is 5.10. The van der Waals surface area contributed by atoms with Crippen LogP contribution in [0.25, 0.3) is 10.9 Å². The smallest absolute Gasteiger partial charge is 0.275 e. The highest BCUT2D eigenvalue weighted by molar-refractivity contribution is 6.28. The van der Waals surface area contributed by atoms with Gasteiger partial charge in [-0.25, -0.2) is 0 Å². The average molecular weight is 363 g/mol. The lowest BCUT2D eigenvalue weighted by molar-refractivity contribution is -0.654. The molecule has 1 aromatic heterocycles. The molecule has 21 heavy (non-hydrogen) atoms. The summed E-state index contributed by atoms with van der Waals surface area (Å²) >= 11 is 6.25. The highest BCUT2D eigenvalue weighted by Crippen LogP contribution is 2.13. The van der Waals surface area contributed by atoms with E-state index in [0.29, 0.717) is 10.7 Å². The summed E-state index contributed by atoms with van der Waals surface area (Å²) in [6.45, 7) is 0.240. The summed E-state index contributed by atoms with van der Waals surface area (Å²) in [6.07, 6.45) is 0. The van der Waals surface area contributed by atoms with Crippen LogP contribution in [0.3, 0.4) is 0 Å². The molecule has 0 N–H and O–H groups in total. The highest BCUT2D eigenvalue weighted by Gasteiger charge is 2.18. The maximum atomic E-state index is 12.3. The van der Waals surface area contributed by atoms with Gasteiger partial charge < -0.3 is 17.0 Å². The van der Waals surface area contributed by atoms with Crippen LogP contribution in [0.15, 0.2) is 66.7 Å². The molecule has 3 aromatic rings. The third-order valence-corrected chi connectivity index (χ3v) is 3.61. The minimum absolute atomic E-state index is 0. The van der Waals surface area contributed by atoms with Gasteiger partial charge >= 0.3 is 0 Å². The number of Topliss-reactive ketones (excluding diaryl/α,β-unsaturated/α-hetero) is 1. The highest BCUT2D eigenvalue weighted by atomic mass is 79.9. The average Bonchev–Trinajstić information content (AvgIpc) is 2.51. The van der Waals surface area contributed by atoms with Gasteiger partial charge in [0.15, 0.2) is 0 Å². The van der Waals surface area contributed by atoms with Gasteiger partial charge in [-0.3, -0.25) is 4.79 Å². The fourth-order valence-electron chi connectivity index (χ4n) is 2.26. The molecule has 0 saturated heterocycles. The molecular weight excluding hydrogens is 350 g/mol. The fourth-order valence-corrected chi connectivity index (χ4v) is 2.47. The zero-order valence-electron chi connectivity index (χ0n) is 11.2. The molecule has 0 fully saturated rings. The minimum Gasteiger partial charge on any atom is -1.00 e. The summed E-state index contributed by atoms with van der Waals surface area (Å²) in [4.78, 5) is 12.3. The lowest BCUT2D eigenvalue weighted by Gasteiger charge is -2.03. The molecule has 0 aliphatic rings. The van der Waals surface area contributed by atoms with Crippen molar-refractivity contribution in [3.05, 3.63) is 77.4 Å². The maximum absolute atomic E-state index is 12.3. The largest absolute Gasteiger partial charge is 1.00 e. The molecule has 3 rings (SSSR count). The number of carbonyl (C=O) groups is 1. The van der Waals surface area contributed by atoms with Gasteiger partial charge in [0.05, 0.1) is 0 Å². The first-order valence-electron chi connectivity index (χ1n) is 6.41. The van der Waals surface area contributed by atoms with Gasteiger partial charge in [0, 0.05) is 23.1 Å². The van der Waals surface area contributed by atoms with Crippen molar-refractivity contribution in [2.75, 3.05) is 0 Å². The number of pyridine rings is 1. The SMILES string of the molecule is O=C(C[n+]1c(Cl)ccc2ccccc21)c1ccccc1.[Br-]. The van der Waals surface area contributed by atoms with Gasteiger partial charge in [-0.1, -0.05) is 42.5 Å². The van der Waals surface area contributed by atoms with Gasteiger partial charge in [-0.2, -0.15) is 4.57 Å². The van der Waals surface area contributed by atoms with E-state index in [2.05, 4.69) is 0 Å². The quantitative estimate of drug-likeness (QED) is 0.381. The Labute approximate surface area is 138 Å². The number of aromatic nitrogens is 1. The number of hydrogen-bond acceptors (Lipinski definition) is 1. The minimum atomic E-state index is 0. The maximum Gasteiger partial charge on any atom is 0.275 e. The number of ketones is 1. The van der Waals surface area contributed by atoms with Gasteiger partial charge in [0.25, 0.3) is 5.15 Å². The second-order valence-corrected chi connectivity index (χ2v) is 4.98. The van der Waals surface area contributed by atoms with E-state index < -0.39 is 0 Å². The standard InChI is InChI=1S/C17H13ClNO.BrH/c18-17-11-10-13-6-4-5-9-15(13)19(17)12-16(20)14-7-2-1-3-8-14;/h1-11H,12H2;1H/q+1;/p-1. The van der Waals surface area contributed by atoms with Gasteiger partial charge in [0.1, 0.15) is 0 Å². The van der Waals surface area contributed by atoms with Crippen molar-refractivity contribution in [2.45, 2.75) is 6.54 Å². The molecule has 0 unspecified atom stereocenters. The molecule has 0 atom stereocenters. The van der Waals surface area contributed by atoms with E-state index in [1.807, 2.05) is 71.3 Å². The summed E-state index contributed by atoms with van der Waals surface area (Å²) in [7, 11) is 0. The molecule has 0 aliphatic carbocycles. The van der Waals surface area contributed by atoms with Crippen molar-refractivity contribution in [1.29, 1.82) is 0 Å². The number of rotatable bonds is 3. The van der Waals surface area contributed by atoms with Gasteiger partial charge in [-0.05, 0) is 23.7 Å². The van der Waals surface area contributed by atoms with Crippen molar-refractivity contribution in [3.63, 3.8) is 0 Å². The van der Waals surface area contributed by atoms with Crippen LogP contribution in [0.2, 0.25) is 5.15 Å². The van der Waals surface area contributed by atoms with Crippen LogP contribution in [0.1, 0.15) is 10.4 Å². The molecule has 0 bridgehead atoms. The number of halogens is 2. The number of para-hydroxylation sites is 1. The van der Waals surface area contributed by atoms with E-state index in [1.165, 1.54) is 0 Å². The lowest BCUT2D eigenvalue weighted by atomic mass is 10.1. The molecule has 106 valence electrons. The zero-order valence-corrected chi connectivity index (χ0v) is 13.5. The second-order valence-electron chi connectivity index (χ2n) is 4.59. The van der Waals surface area contributed by atoms with Crippen molar-refractivity contribution in [1.82, 2.24) is 0 Å². The van der Waals surface area contributed by atoms with Gasteiger partial charge in [0.2, 0.25) is 17.8 Å². The normalized spacial score (nSPS) is 10.1. The van der Waals surface area contributed by atoms with Crippen molar-refractivity contribution < 1.29 is 26.3 Å². The summed E-state index contributed by atoms with van der Waals surface area (Å²) in [5.41, 5.74) is 1.66.